The van der Waals surface area contributed by atoms with Gasteiger partial charge in [0.1, 0.15) is 0 Å². The summed E-state index contributed by atoms with van der Waals surface area (Å²) < 4.78 is 5.17. The zero-order chi connectivity index (χ0) is 15.1. The molecule has 0 bridgehead atoms. The van der Waals surface area contributed by atoms with Gasteiger partial charge in [-0.15, -0.1) is 0 Å². The number of hydrogen-bond donors (Lipinski definition) is 0. The van der Waals surface area contributed by atoms with E-state index in [2.05, 4.69) is 12.2 Å². The number of allylic oxidation sites excluding steroid dienone is 2. The van der Waals surface area contributed by atoms with Gasteiger partial charge in [-0.25, -0.2) is 4.79 Å². The van der Waals surface area contributed by atoms with Crippen molar-refractivity contribution in [1.29, 1.82) is 0 Å². The van der Waals surface area contributed by atoms with Crippen molar-refractivity contribution in [2.45, 2.75) is 19.3 Å². The van der Waals surface area contributed by atoms with Gasteiger partial charge >= 0.3 is 5.97 Å². The molecule has 21 heavy (non-hydrogen) atoms. The van der Waals surface area contributed by atoms with Gasteiger partial charge in [0.05, 0.1) is 17.1 Å². The minimum atomic E-state index is -0.473. The predicted molar refractivity (Wildman–Crippen MR) is 79.6 cm³/mol. The molecule has 1 aliphatic rings. The number of nitrogens with zero attached hydrogens (tertiary/aromatic N) is 1. The fraction of sp³-hybridized carbons (Fsp3) is 0.312. The number of esters is 1. The van der Waals surface area contributed by atoms with Crippen LogP contribution in [0.25, 0.3) is 6.08 Å². The second-order valence-electron chi connectivity index (χ2n) is 4.93. The van der Waals surface area contributed by atoms with Gasteiger partial charge in [-0.1, -0.05) is 24.3 Å². The number of nitro benzene ring substituents is 1. The van der Waals surface area contributed by atoms with E-state index in [9.17, 15) is 14.9 Å². The largest absolute Gasteiger partial charge is 0.462 e. The summed E-state index contributed by atoms with van der Waals surface area (Å²) in [4.78, 5) is 22.0. The third-order valence-corrected chi connectivity index (χ3v) is 3.37. The topological polar surface area (TPSA) is 69.4 Å². The minimum absolute atomic E-state index is 0.0287. The Balaban J connectivity index is 1.90. The van der Waals surface area contributed by atoms with Crippen LogP contribution in [0, 0.1) is 16.0 Å². The highest BCUT2D eigenvalue weighted by Gasteiger charge is 2.12. The first-order valence-corrected chi connectivity index (χ1v) is 6.90. The van der Waals surface area contributed by atoms with Crippen molar-refractivity contribution in [3.05, 3.63) is 58.2 Å². The average Bonchev–Trinajstić information content (AvgIpc) is 2.52. The molecule has 0 aliphatic heterocycles. The SMILES string of the molecule is O=C(/C=C/c1ccccc1[N+](=O)[O-])OCC1CC=CCC1. The normalized spacial score (nSPS) is 17.8. The Morgan fingerprint density at radius 3 is 2.90 bits per heavy atom. The highest BCUT2D eigenvalue weighted by Crippen LogP contribution is 2.20. The Kier molecular flexibility index (Phi) is 5.26. The van der Waals surface area contributed by atoms with Gasteiger partial charge in [0.25, 0.3) is 5.69 Å². The predicted octanol–water partition coefficient (Wildman–Crippen LogP) is 3.51. The number of hydrogen-bond acceptors (Lipinski definition) is 4. The van der Waals surface area contributed by atoms with Crippen molar-refractivity contribution >= 4 is 17.7 Å². The van der Waals surface area contributed by atoms with Crippen LogP contribution in [-0.2, 0) is 9.53 Å². The molecule has 0 N–H and O–H groups in total. The van der Waals surface area contributed by atoms with E-state index in [0.29, 0.717) is 18.1 Å². The summed E-state index contributed by atoms with van der Waals surface area (Å²) in [5.41, 5.74) is 0.360. The van der Waals surface area contributed by atoms with Crippen molar-refractivity contribution in [1.82, 2.24) is 0 Å². The van der Waals surface area contributed by atoms with Gasteiger partial charge in [-0.2, -0.15) is 0 Å². The molecule has 2 rings (SSSR count). The Morgan fingerprint density at radius 2 is 2.19 bits per heavy atom. The summed E-state index contributed by atoms with van der Waals surface area (Å²) >= 11 is 0. The molecule has 1 aromatic carbocycles. The number of carbonyl (C=O) groups is 1. The van der Waals surface area contributed by atoms with Crippen LogP contribution in [0.15, 0.2) is 42.5 Å². The van der Waals surface area contributed by atoms with Gasteiger partial charge in [0.15, 0.2) is 0 Å². The summed E-state index contributed by atoms with van der Waals surface area (Å²) in [5.74, 6) is -0.0962. The third-order valence-electron chi connectivity index (χ3n) is 3.37. The van der Waals surface area contributed by atoms with Crippen LogP contribution < -0.4 is 0 Å². The van der Waals surface area contributed by atoms with Gasteiger partial charge < -0.3 is 4.74 Å². The molecule has 0 amide bonds. The van der Waals surface area contributed by atoms with Gasteiger partial charge in [-0.3, -0.25) is 10.1 Å². The molecule has 110 valence electrons. The van der Waals surface area contributed by atoms with E-state index in [-0.39, 0.29) is 5.69 Å². The molecule has 0 aromatic heterocycles. The number of carbonyl (C=O) groups excluding carboxylic acids is 1. The van der Waals surface area contributed by atoms with Gasteiger partial charge in [-0.05, 0) is 37.3 Å². The number of benzene rings is 1. The van der Waals surface area contributed by atoms with Crippen LogP contribution in [0.5, 0.6) is 0 Å². The monoisotopic (exact) mass is 287 g/mol. The standard InChI is InChI=1S/C16H17NO4/c18-16(21-12-13-6-2-1-3-7-13)11-10-14-8-4-5-9-15(14)17(19)20/h1-2,4-5,8-11,13H,3,6-7,12H2/b11-10+. The first-order valence-electron chi connectivity index (χ1n) is 6.90. The summed E-state index contributed by atoms with van der Waals surface area (Å²) in [6, 6.07) is 6.27. The third kappa shape index (κ3) is 4.56. The van der Waals surface area contributed by atoms with E-state index in [1.165, 1.54) is 18.2 Å². The van der Waals surface area contributed by atoms with E-state index in [4.69, 9.17) is 4.74 Å². The Bertz CT molecular complexity index is 577. The van der Waals surface area contributed by atoms with Crippen LogP contribution in [0.4, 0.5) is 5.69 Å². The Labute approximate surface area is 123 Å². The summed E-state index contributed by atoms with van der Waals surface area (Å²) in [5, 5.41) is 10.8. The van der Waals surface area contributed by atoms with Crippen molar-refractivity contribution in [2.24, 2.45) is 5.92 Å². The first-order chi connectivity index (χ1) is 10.2. The van der Waals surface area contributed by atoms with E-state index >= 15 is 0 Å². The molecular weight excluding hydrogens is 270 g/mol. The van der Waals surface area contributed by atoms with Crippen molar-refractivity contribution < 1.29 is 14.5 Å². The molecule has 0 heterocycles. The molecule has 1 aromatic rings. The molecular formula is C16H17NO4. The van der Waals surface area contributed by atoms with E-state index < -0.39 is 10.9 Å². The molecule has 1 unspecified atom stereocenters. The lowest BCUT2D eigenvalue weighted by Gasteiger charge is -2.16. The van der Waals surface area contributed by atoms with Crippen molar-refractivity contribution in [3.8, 4) is 0 Å². The fourth-order valence-corrected chi connectivity index (χ4v) is 2.21. The molecule has 1 aliphatic carbocycles. The highest BCUT2D eigenvalue weighted by atomic mass is 16.6. The maximum atomic E-state index is 11.6. The maximum Gasteiger partial charge on any atom is 0.330 e. The second-order valence-corrected chi connectivity index (χ2v) is 4.93. The van der Waals surface area contributed by atoms with E-state index in [1.807, 2.05) is 0 Å². The molecule has 0 saturated carbocycles. The van der Waals surface area contributed by atoms with Crippen molar-refractivity contribution in [2.75, 3.05) is 6.61 Å². The quantitative estimate of drug-likeness (QED) is 0.273. The molecule has 5 heteroatoms. The van der Waals surface area contributed by atoms with Crippen LogP contribution >= 0.6 is 0 Å². The Hall–Kier alpha value is -2.43. The molecule has 0 radical (unpaired) electrons. The Morgan fingerprint density at radius 1 is 1.38 bits per heavy atom. The minimum Gasteiger partial charge on any atom is -0.462 e. The average molecular weight is 287 g/mol. The lowest BCUT2D eigenvalue weighted by Crippen LogP contribution is -2.13. The lowest BCUT2D eigenvalue weighted by atomic mass is 9.95. The number of nitro groups is 1. The lowest BCUT2D eigenvalue weighted by molar-refractivity contribution is -0.385. The van der Waals surface area contributed by atoms with Gasteiger partial charge in [0.2, 0.25) is 0 Å². The number of para-hydroxylation sites is 1. The smallest absolute Gasteiger partial charge is 0.330 e. The number of rotatable bonds is 5. The van der Waals surface area contributed by atoms with E-state index in [1.54, 1.807) is 18.2 Å². The van der Waals surface area contributed by atoms with Crippen LogP contribution in [-0.4, -0.2) is 17.5 Å². The highest BCUT2D eigenvalue weighted by molar-refractivity contribution is 5.87. The first kappa shape index (κ1) is 15.0. The fourth-order valence-electron chi connectivity index (χ4n) is 2.21. The molecule has 5 nitrogen and oxygen atoms in total. The van der Waals surface area contributed by atoms with Crippen LogP contribution in [0.3, 0.4) is 0 Å². The van der Waals surface area contributed by atoms with E-state index in [0.717, 1.165) is 19.3 Å². The molecule has 1 atom stereocenters. The molecule has 0 fully saturated rings. The van der Waals surface area contributed by atoms with Crippen LogP contribution in [0.2, 0.25) is 0 Å². The summed E-state index contributed by atoms with van der Waals surface area (Å²) in [6.07, 6.45) is 9.87. The van der Waals surface area contributed by atoms with Crippen molar-refractivity contribution in [3.63, 3.8) is 0 Å². The maximum absolute atomic E-state index is 11.6. The molecule has 0 saturated heterocycles. The van der Waals surface area contributed by atoms with Crippen LogP contribution in [0.1, 0.15) is 24.8 Å². The second kappa shape index (κ2) is 7.38. The number of ether oxygens (including phenoxy) is 1. The summed E-state index contributed by atoms with van der Waals surface area (Å²) in [6.45, 7) is 0.393. The molecule has 0 spiro atoms. The zero-order valence-corrected chi connectivity index (χ0v) is 11.6. The van der Waals surface area contributed by atoms with Gasteiger partial charge in [0, 0.05) is 12.1 Å². The summed E-state index contributed by atoms with van der Waals surface area (Å²) in [7, 11) is 0. The zero-order valence-electron chi connectivity index (χ0n) is 11.6.